The first-order valence-electron chi connectivity index (χ1n) is 5.19. The normalized spacial score (nSPS) is 12.2. The zero-order valence-electron chi connectivity index (χ0n) is 9.17. The van der Waals surface area contributed by atoms with Crippen molar-refractivity contribution in [3.05, 3.63) is 30.5 Å². The standard InChI is InChI=1S/C11H9N3O3S/c18-11(13-10-3-4-17-14-10)12-7-1-2-8-9(5-7)16-6-15-8/h1-5H,6H2,(H2,12,13,14,18). The molecule has 0 amide bonds. The van der Waals surface area contributed by atoms with Crippen molar-refractivity contribution < 1.29 is 14.0 Å². The van der Waals surface area contributed by atoms with Gasteiger partial charge in [-0.25, -0.2) is 0 Å². The predicted octanol–water partition coefficient (Wildman–Crippen LogP) is 2.21. The molecule has 2 aromatic rings. The summed E-state index contributed by atoms with van der Waals surface area (Å²) >= 11 is 5.14. The van der Waals surface area contributed by atoms with Crippen LogP contribution in [0.2, 0.25) is 0 Å². The summed E-state index contributed by atoms with van der Waals surface area (Å²) in [6, 6.07) is 7.17. The Morgan fingerprint density at radius 1 is 1.17 bits per heavy atom. The lowest BCUT2D eigenvalue weighted by Gasteiger charge is -2.08. The molecule has 0 aliphatic carbocycles. The zero-order valence-corrected chi connectivity index (χ0v) is 9.99. The van der Waals surface area contributed by atoms with Gasteiger partial charge in [-0.2, -0.15) is 0 Å². The van der Waals surface area contributed by atoms with Crippen molar-refractivity contribution in [2.75, 3.05) is 17.4 Å². The van der Waals surface area contributed by atoms with Crippen LogP contribution in [-0.4, -0.2) is 17.1 Å². The Labute approximate surface area is 108 Å². The summed E-state index contributed by atoms with van der Waals surface area (Å²) < 4.78 is 15.2. The van der Waals surface area contributed by atoms with E-state index in [2.05, 4.69) is 20.3 Å². The lowest BCUT2D eigenvalue weighted by molar-refractivity contribution is 0.174. The quantitative estimate of drug-likeness (QED) is 0.805. The largest absolute Gasteiger partial charge is 0.454 e. The molecule has 0 saturated carbocycles. The Kier molecular flexibility index (Phi) is 2.73. The lowest BCUT2D eigenvalue weighted by atomic mass is 10.3. The molecule has 1 aromatic carbocycles. The van der Waals surface area contributed by atoms with E-state index in [1.165, 1.54) is 6.26 Å². The zero-order chi connectivity index (χ0) is 12.4. The maximum Gasteiger partial charge on any atom is 0.231 e. The SMILES string of the molecule is S=C(Nc1ccc2c(c1)OCO2)Nc1ccon1. The molecule has 2 heterocycles. The molecule has 0 spiro atoms. The fourth-order valence-electron chi connectivity index (χ4n) is 1.53. The van der Waals surface area contributed by atoms with Crippen molar-refractivity contribution in [3.8, 4) is 11.5 Å². The molecule has 3 rings (SSSR count). The number of fused-ring (bicyclic) bond motifs is 1. The number of thiocarbonyl (C=S) groups is 1. The first-order chi connectivity index (χ1) is 8.81. The van der Waals surface area contributed by atoms with E-state index in [0.29, 0.717) is 16.7 Å². The number of anilines is 2. The van der Waals surface area contributed by atoms with E-state index in [-0.39, 0.29) is 6.79 Å². The average molecular weight is 263 g/mol. The van der Waals surface area contributed by atoms with Crippen LogP contribution in [0.1, 0.15) is 0 Å². The van der Waals surface area contributed by atoms with Gasteiger partial charge in [0.1, 0.15) is 6.26 Å². The molecule has 18 heavy (non-hydrogen) atoms. The lowest BCUT2D eigenvalue weighted by Crippen LogP contribution is -2.19. The van der Waals surface area contributed by atoms with Crippen molar-refractivity contribution in [3.63, 3.8) is 0 Å². The van der Waals surface area contributed by atoms with Crippen molar-refractivity contribution in [2.45, 2.75) is 0 Å². The van der Waals surface area contributed by atoms with Gasteiger partial charge in [-0.05, 0) is 24.4 Å². The van der Waals surface area contributed by atoms with E-state index < -0.39 is 0 Å². The smallest absolute Gasteiger partial charge is 0.231 e. The van der Waals surface area contributed by atoms with Crippen LogP contribution in [0.5, 0.6) is 11.5 Å². The van der Waals surface area contributed by atoms with Crippen LogP contribution < -0.4 is 20.1 Å². The molecule has 1 aliphatic rings. The van der Waals surface area contributed by atoms with Gasteiger partial charge >= 0.3 is 0 Å². The second kappa shape index (κ2) is 4.53. The Balaban J connectivity index is 1.67. The summed E-state index contributed by atoms with van der Waals surface area (Å²) in [7, 11) is 0. The van der Waals surface area contributed by atoms with E-state index in [1.807, 2.05) is 18.2 Å². The summed E-state index contributed by atoms with van der Waals surface area (Å²) in [5.74, 6) is 1.98. The van der Waals surface area contributed by atoms with Gasteiger partial charge in [-0.3, -0.25) is 0 Å². The molecule has 6 nitrogen and oxygen atoms in total. The van der Waals surface area contributed by atoms with Crippen LogP contribution in [0.3, 0.4) is 0 Å². The van der Waals surface area contributed by atoms with Crippen molar-refractivity contribution in [1.82, 2.24) is 5.16 Å². The molecule has 7 heteroatoms. The van der Waals surface area contributed by atoms with Gasteiger partial charge < -0.3 is 24.6 Å². The third-order valence-electron chi connectivity index (χ3n) is 2.31. The summed E-state index contributed by atoms with van der Waals surface area (Å²) in [5, 5.41) is 10.0. The number of rotatable bonds is 2. The second-order valence-electron chi connectivity index (χ2n) is 3.53. The number of nitrogens with one attached hydrogen (secondary N) is 2. The van der Waals surface area contributed by atoms with Gasteiger partial charge in [0.05, 0.1) is 0 Å². The minimum absolute atomic E-state index is 0.250. The third kappa shape index (κ3) is 2.21. The molecular weight excluding hydrogens is 254 g/mol. The fourth-order valence-corrected chi connectivity index (χ4v) is 1.75. The molecule has 92 valence electrons. The highest BCUT2D eigenvalue weighted by atomic mass is 32.1. The van der Waals surface area contributed by atoms with Crippen molar-refractivity contribution in [2.24, 2.45) is 0 Å². The number of ether oxygens (including phenoxy) is 2. The van der Waals surface area contributed by atoms with Crippen molar-refractivity contribution in [1.29, 1.82) is 0 Å². The topological polar surface area (TPSA) is 68.5 Å². The Bertz CT molecular complexity index is 571. The van der Waals surface area contributed by atoms with E-state index in [4.69, 9.17) is 21.7 Å². The van der Waals surface area contributed by atoms with E-state index in [9.17, 15) is 0 Å². The number of hydrogen-bond donors (Lipinski definition) is 2. The molecule has 2 N–H and O–H groups in total. The highest BCUT2D eigenvalue weighted by Gasteiger charge is 2.13. The molecular formula is C11H9N3O3S. The first-order valence-corrected chi connectivity index (χ1v) is 5.60. The van der Waals surface area contributed by atoms with Crippen LogP contribution in [-0.2, 0) is 0 Å². The number of nitrogens with zero attached hydrogens (tertiary/aromatic N) is 1. The van der Waals surface area contributed by atoms with E-state index >= 15 is 0 Å². The Morgan fingerprint density at radius 2 is 2.06 bits per heavy atom. The van der Waals surface area contributed by atoms with Gasteiger partial charge in [0.25, 0.3) is 0 Å². The molecule has 0 unspecified atom stereocenters. The summed E-state index contributed by atoms with van der Waals surface area (Å²) in [6.07, 6.45) is 1.46. The summed E-state index contributed by atoms with van der Waals surface area (Å²) in [4.78, 5) is 0. The van der Waals surface area contributed by atoms with Crippen LogP contribution >= 0.6 is 12.2 Å². The predicted molar refractivity (Wildman–Crippen MR) is 68.9 cm³/mol. The maximum atomic E-state index is 5.27. The maximum absolute atomic E-state index is 5.27. The van der Waals surface area contributed by atoms with Crippen LogP contribution in [0.25, 0.3) is 0 Å². The van der Waals surface area contributed by atoms with E-state index in [1.54, 1.807) is 6.07 Å². The van der Waals surface area contributed by atoms with Gasteiger partial charge in [0.15, 0.2) is 22.4 Å². The molecule has 0 bridgehead atoms. The number of hydrogen-bond acceptors (Lipinski definition) is 5. The van der Waals surface area contributed by atoms with Gasteiger partial charge in [-0.1, -0.05) is 5.16 Å². The minimum atomic E-state index is 0.250. The number of aromatic nitrogens is 1. The van der Waals surface area contributed by atoms with Gasteiger partial charge in [-0.15, -0.1) is 0 Å². The van der Waals surface area contributed by atoms with Gasteiger partial charge in [0.2, 0.25) is 6.79 Å². The van der Waals surface area contributed by atoms with E-state index in [0.717, 1.165) is 11.4 Å². The highest BCUT2D eigenvalue weighted by Crippen LogP contribution is 2.34. The third-order valence-corrected chi connectivity index (χ3v) is 2.51. The molecule has 1 aromatic heterocycles. The van der Waals surface area contributed by atoms with Crippen LogP contribution in [0, 0.1) is 0 Å². The fraction of sp³-hybridized carbons (Fsp3) is 0.0909. The average Bonchev–Trinajstić information content (AvgIpc) is 2.98. The Morgan fingerprint density at radius 3 is 2.89 bits per heavy atom. The van der Waals surface area contributed by atoms with Crippen LogP contribution in [0.15, 0.2) is 35.1 Å². The summed E-state index contributed by atoms with van der Waals surface area (Å²) in [6.45, 7) is 0.250. The Hall–Kier alpha value is -2.28. The monoisotopic (exact) mass is 263 g/mol. The number of benzene rings is 1. The molecule has 0 saturated heterocycles. The van der Waals surface area contributed by atoms with Crippen molar-refractivity contribution >= 4 is 28.8 Å². The first kappa shape index (κ1) is 10.8. The van der Waals surface area contributed by atoms with Gasteiger partial charge in [0, 0.05) is 17.8 Å². The second-order valence-corrected chi connectivity index (χ2v) is 3.94. The molecule has 0 radical (unpaired) electrons. The molecule has 0 fully saturated rings. The summed E-state index contributed by atoms with van der Waals surface area (Å²) in [5.41, 5.74) is 0.806. The van der Waals surface area contributed by atoms with Crippen LogP contribution in [0.4, 0.5) is 11.5 Å². The minimum Gasteiger partial charge on any atom is -0.454 e. The highest BCUT2D eigenvalue weighted by molar-refractivity contribution is 7.80. The molecule has 1 aliphatic heterocycles. The molecule has 0 atom stereocenters.